The summed E-state index contributed by atoms with van der Waals surface area (Å²) in [4.78, 5) is 21.1. The average Bonchev–Trinajstić information content (AvgIpc) is 3.07. The van der Waals surface area contributed by atoms with Crippen molar-refractivity contribution in [3.05, 3.63) is 30.3 Å². The Morgan fingerprint density at radius 2 is 0.661 bits per heavy atom. The standard InChI is InChI=1S/C45H78N10O4/c1-38(2)22-31(23-39(3,4)52(38)56)50(32-24-40(5,6)53(57)41(7,8)25-32)36-47-35(46-30-20-18-17-19-21-30)48-37(49-36)51(33-26-42(9,10)54(58)43(11,12)27-33)34-28-44(13,14)55(59)45(15,16)29-34/h17-21,31-34,56-59H,22-29H2,1-16H3,(H,46,47,48,49). The molecular weight excluding hydrogens is 745 g/mol. The van der Waals surface area contributed by atoms with Crippen LogP contribution >= 0.6 is 0 Å². The lowest BCUT2D eigenvalue weighted by Gasteiger charge is -2.58. The number of nitrogens with zero attached hydrogens (tertiary/aromatic N) is 9. The minimum Gasteiger partial charge on any atom is -0.334 e. The van der Waals surface area contributed by atoms with E-state index in [-0.39, 0.29) is 24.2 Å². The molecule has 0 atom stereocenters. The molecule has 0 spiro atoms. The number of rotatable bonds is 8. The highest BCUT2D eigenvalue weighted by atomic mass is 16.5. The van der Waals surface area contributed by atoms with Gasteiger partial charge in [0, 0.05) is 74.2 Å². The van der Waals surface area contributed by atoms with Crippen LogP contribution in [0.4, 0.5) is 23.5 Å². The summed E-state index contributed by atoms with van der Waals surface area (Å²) in [5.74, 6) is 1.54. The van der Waals surface area contributed by atoms with Gasteiger partial charge in [0.05, 0.1) is 0 Å². The third kappa shape index (κ3) is 8.84. The fraction of sp³-hybridized carbons (Fsp3) is 0.800. The van der Waals surface area contributed by atoms with Crippen molar-refractivity contribution in [2.45, 2.75) is 231 Å². The average molecular weight is 823 g/mol. The van der Waals surface area contributed by atoms with Crippen LogP contribution in [-0.4, -0.2) is 125 Å². The van der Waals surface area contributed by atoms with Crippen molar-refractivity contribution in [3.8, 4) is 0 Å². The molecule has 1 aromatic heterocycles. The zero-order chi connectivity index (χ0) is 44.1. The number of benzene rings is 1. The number of hydrogen-bond donors (Lipinski definition) is 5. The van der Waals surface area contributed by atoms with Crippen LogP contribution in [0.15, 0.2) is 30.3 Å². The van der Waals surface area contributed by atoms with Crippen molar-refractivity contribution in [2.75, 3.05) is 15.1 Å². The van der Waals surface area contributed by atoms with Crippen molar-refractivity contribution in [2.24, 2.45) is 0 Å². The maximum absolute atomic E-state index is 11.5. The highest BCUT2D eigenvalue weighted by Crippen LogP contribution is 2.48. The van der Waals surface area contributed by atoms with Crippen molar-refractivity contribution >= 4 is 23.5 Å². The summed E-state index contributed by atoms with van der Waals surface area (Å²) in [7, 11) is 0. The maximum Gasteiger partial charge on any atom is 0.233 e. The van der Waals surface area contributed by atoms with Gasteiger partial charge >= 0.3 is 0 Å². The van der Waals surface area contributed by atoms with Crippen LogP contribution in [0.2, 0.25) is 0 Å². The molecule has 14 heteroatoms. The monoisotopic (exact) mass is 823 g/mol. The molecule has 4 fully saturated rings. The van der Waals surface area contributed by atoms with Gasteiger partial charge in [0.15, 0.2) is 0 Å². The number of hydroxylamine groups is 8. The molecule has 0 amide bonds. The molecule has 0 aliphatic carbocycles. The molecule has 5 N–H and O–H groups in total. The van der Waals surface area contributed by atoms with Gasteiger partial charge in [-0.15, -0.1) is 0 Å². The first-order chi connectivity index (χ1) is 26.8. The molecule has 2 aromatic rings. The van der Waals surface area contributed by atoms with Gasteiger partial charge in [0.25, 0.3) is 0 Å². The Kier molecular flexibility index (Phi) is 11.6. The minimum absolute atomic E-state index is 0.0653. The fourth-order valence-corrected chi connectivity index (χ4v) is 12.2. The summed E-state index contributed by atoms with van der Waals surface area (Å²) in [6.45, 7) is 33.6. The molecule has 59 heavy (non-hydrogen) atoms. The van der Waals surface area contributed by atoms with E-state index < -0.39 is 44.3 Å². The number of aromatic nitrogens is 3. The van der Waals surface area contributed by atoms with Crippen LogP contribution in [0.3, 0.4) is 0 Å². The van der Waals surface area contributed by atoms with Crippen LogP contribution < -0.4 is 15.1 Å². The minimum atomic E-state index is -0.550. The number of hydrogen-bond acceptors (Lipinski definition) is 14. The van der Waals surface area contributed by atoms with Crippen LogP contribution in [0.1, 0.15) is 162 Å². The van der Waals surface area contributed by atoms with Crippen LogP contribution in [0.25, 0.3) is 0 Å². The first-order valence-corrected chi connectivity index (χ1v) is 21.9. The molecule has 0 bridgehead atoms. The van der Waals surface area contributed by atoms with E-state index in [0.717, 1.165) is 5.69 Å². The maximum atomic E-state index is 11.5. The Balaban J connectivity index is 1.61. The second-order valence-electron chi connectivity index (χ2n) is 23.6. The predicted molar refractivity (Wildman–Crippen MR) is 234 cm³/mol. The Labute approximate surface area is 354 Å². The van der Waals surface area contributed by atoms with Gasteiger partial charge in [0.1, 0.15) is 0 Å². The molecule has 0 saturated carbocycles. The van der Waals surface area contributed by atoms with E-state index in [0.29, 0.717) is 69.2 Å². The van der Waals surface area contributed by atoms with Crippen LogP contribution in [-0.2, 0) is 0 Å². The Bertz CT molecular complexity index is 1550. The number of para-hydroxylation sites is 1. The lowest BCUT2D eigenvalue weighted by molar-refractivity contribution is -0.251. The van der Waals surface area contributed by atoms with Gasteiger partial charge in [-0.05, 0) is 174 Å². The second kappa shape index (κ2) is 15.0. The molecule has 4 aliphatic heterocycles. The lowest BCUT2D eigenvalue weighted by atomic mass is 9.74. The van der Waals surface area contributed by atoms with E-state index in [9.17, 15) is 20.8 Å². The molecule has 0 radical (unpaired) electrons. The highest BCUT2D eigenvalue weighted by molar-refractivity contribution is 5.57. The summed E-state index contributed by atoms with van der Waals surface area (Å²) in [5.41, 5.74) is -3.55. The third-order valence-electron chi connectivity index (χ3n) is 14.1. The normalized spacial score (nSPS) is 27.7. The first kappa shape index (κ1) is 45.8. The fourth-order valence-electron chi connectivity index (χ4n) is 12.2. The molecule has 5 heterocycles. The first-order valence-electron chi connectivity index (χ1n) is 21.9. The zero-order valence-corrected chi connectivity index (χ0v) is 39.2. The lowest BCUT2D eigenvalue weighted by Crippen LogP contribution is -2.68. The van der Waals surface area contributed by atoms with E-state index in [1.165, 1.54) is 20.3 Å². The summed E-state index contributed by atoms with van der Waals surface area (Å²) >= 11 is 0. The van der Waals surface area contributed by atoms with Crippen LogP contribution in [0.5, 0.6) is 0 Å². The Morgan fingerprint density at radius 1 is 0.424 bits per heavy atom. The van der Waals surface area contributed by atoms with Gasteiger partial charge < -0.3 is 35.9 Å². The number of nitrogens with one attached hydrogen (secondary N) is 1. The van der Waals surface area contributed by atoms with E-state index in [1.54, 1.807) is 0 Å². The summed E-state index contributed by atoms with van der Waals surface area (Å²) < 4.78 is 0. The predicted octanol–water partition coefficient (Wildman–Crippen LogP) is 8.87. The molecule has 14 nitrogen and oxygen atoms in total. The largest absolute Gasteiger partial charge is 0.334 e. The Morgan fingerprint density at radius 3 is 0.898 bits per heavy atom. The van der Waals surface area contributed by atoms with Gasteiger partial charge in [-0.3, -0.25) is 0 Å². The molecule has 4 saturated heterocycles. The topological polar surface area (TPSA) is 151 Å². The number of piperidine rings is 4. The zero-order valence-electron chi connectivity index (χ0n) is 39.2. The second-order valence-corrected chi connectivity index (χ2v) is 23.6. The van der Waals surface area contributed by atoms with E-state index in [2.05, 4.69) is 126 Å². The summed E-state index contributed by atoms with van der Waals surface area (Å²) in [6, 6.07) is 9.72. The van der Waals surface area contributed by atoms with E-state index >= 15 is 0 Å². The molecule has 6 rings (SSSR count). The van der Waals surface area contributed by atoms with Crippen molar-refractivity contribution in [3.63, 3.8) is 0 Å². The quantitative estimate of drug-likeness (QED) is 0.172. The molecule has 1 aromatic carbocycles. The van der Waals surface area contributed by atoms with Crippen molar-refractivity contribution in [1.29, 1.82) is 0 Å². The van der Waals surface area contributed by atoms with Crippen molar-refractivity contribution in [1.82, 2.24) is 35.2 Å². The van der Waals surface area contributed by atoms with Crippen molar-refractivity contribution < 1.29 is 20.8 Å². The summed E-state index contributed by atoms with van der Waals surface area (Å²) in [5, 5.41) is 55.8. The smallest absolute Gasteiger partial charge is 0.233 e. The molecule has 332 valence electrons. The van der Waals surface area contributed by atoms with Gasteiger partial charge in [-0.1, -0.05) is 18.2 Å². The molecular formula is C45H78N10O4. The van der Waals surface area contributed by atoms with Gasteiger partial charge in [0.2, 0.25) is 17.8 Å². The SMILES string of the molecule is CC1(C)CC(N(c2nc(Nc3ccccc3)nc(N(C3CC(C)(C)N(O)C(C)(C)C3)C3CC(C)(C)N(O)C(C)(C)C3)n2)C2CC(C)(C)N(O)C(C)(C)C2)CC(C)(C)N1O. The van der Waals surface area contributed by atoms with Gasteiger partial charge in [-0.2, -0.15) is 35.2 Å². The molecule has 0 unspecified atom stereocenters. The van der Waals surface area contributed by atoms with Gasteiger partial charge in [-0.25, -0.2) is 0 Å². The Hall–Kier alpha value is -2.69. The highest BCUT2D eigenvalue weighted by Gasteiger charge is 2.55. The summed E-state index contributed by atoms with van der Waals surface area (Å²) in [6.07, 6.45) is 5.29. The van der Waals surface area contributed by atoms with E-state index in [1.807, 2.05) is 30.3 Å². The molecule has 4 aliphatic rings. The number of anilines is 4. The van der Waals surface area contributed by atoms with E-state index in [4.69, 9.17) is 15.0 Å². The third-order valence-corrected chi connectivity index (χ3v) is 14.1. The van der Waals surface area contributed by atoms with Crippen LogP contribution in [0, 0.1) is 0 Å².